The van der Waals surface area contributed by atoms with Crippen molar-refractivity contribution in [3.8, 4) is 0 Å². The summed E-state index contributed by atoms with van der Waals surface area (Å²) < 4.78 is 0. The van der Waals surface area contributed by atoms with Crippen LogP contribution in [0.4, 0.5) is 5.69 Å². The lowest BCUT2D eigenvalue weighted by Gasteiger charge is -2.23. The maximum Gasteiger partial charge on any atom is 0.251 e. The van der Waals surface area contributed by atoms with Crippen molar-refractivity contribution < 1.29 is 4.79 Å². The fourth-order valence-electron chi connectivity index (χ4n) is 2.78. The molecule has 0 bridgehead atoms. The van der Waals surface area contributed by atoms with Gasteiger partial charge in [-0.3, -0.25) is 4.79 Å². The van der Waals surface area contributed by atoms with Crippen LogP contribution in [-0.4, -0.2) is 13.0 Å². The van der Waals surface area contributed by atoms with E-state index < -0.39 is 0 Å². The molecule has 2 N–H and O–H groups in total. The summed E-state index contributed by atoms with van der Waals surface area (Å²) in [6, 6.07) is 27.8. The minimum absolute atomic E-state index is 0.0820. The van der Waals surface area contributed by atoms with Crippen molar-refractivity contribution in [1.29, 1.82) is 0 Å². The maximum atomic E-state index is 12.3. The molecule has 0 aromatic heterocycles. The average molecular weight is 316 g/mol. The second-order valence-corrected chi connectivity index (χ2v) is 5.52. The number of carbonyl (C=O) groups excluding carboxylic acids is 1. The van der Waals surface area contributed by atoms with E-state index in [-0.39, 0.29) is 11.9 Å². The maximum absolute atomic E-state index is 12.3. The largest absolute Gasteiger partial charge is 0.374 e. The molecule has 1 atom stereocenters. The Labute approximate surface area is 142 Å². The van der Waals surface area contributed by atoms with Crippen molar-refractivity contribution in [2.75, 3.05) is 12.4 Å². The van der Waals surface area contributed by atoms with E-state index in [1.54, 1.807) is 7.05 Å². The van der Waals surface area contributed by atoms with E-state index >= 15 is 0 Å². The first kappa shape index (κ1) is 15.8. The van der Waals surface area contributed by atoms with Gasteiger partial charge in [0.25, 0.3) is 5.91 Å². The fraction of sp³-hybridized carbons (Fsp3) is 0.0952. The van der Waals surface area contributed by atoms with Crippen molar-refractivity contribution in [2.24, 2.45) is 0 Å². The minimum Gasteiger partial charge on any atom is -0.374 e. The van der Waals surface area contributed by atoms with Crippen molar-refractivity contribution in [1.82, 2.24) is 5.32 Å². The lowest BCUT2D eigenvalue weighted by Crippen LogP contribution is -2.23. The first-order valence-electron chi connectivity index (χ1n) is 7.97. The predicted octanol–water partition coefficient (Wildman–Crippen LogP) is 4.25. The third kappa shape index (κ3) is 3.46. The van der Waals surface area contributed by atoms with Gasteiger partial charge in [-0.05, 0) is 29.3 Å². The van der Waals surface area contributed by atoms with E-state index in [2.05, 4.69) is 22.8 Å². The Bertz CT molecular complexity index is 800. The molecule has 120 valence electrons. The Balaban J connectivity index is 2.07. The van der Waals surface area contributed by atoms with Gasteiger partial charge in [-0.15, -0.1) is 0 Å². The summed E-state index contributed by atoms with van der Waals surface area (Å²) in [4.78, 5) is 12.3. The number of hydrogen-bond acceptors (Lipinski definition) is 2. The van der Waals surface area contributed by atoms with Crippen molar-refractivity contribution >= 4 is 11.6 Å². The Kier molecular flexibility index (Phi) is 4.92. The molecule has 3 aromatic rings. The zero-order valence-electron chi connectivity index (χ0n) is 13.6. The second-order valence-electron chi connectivity index (χ2n) is 5.52. The summed E-state index contributed by atoms with van der Waals surface area (Å²) in [7, 11) is 1.65. The zero-order valence-corrected chi connectivity index (χ0v) is 13.6. The van der Waals surface area contributed by atoms with Gasteiger partial charge < -0.3 is 10.6 Å². The molecule has 0 radical (unpaired) electrons. The first-order chi connectivity index (χ1) is 11.8. The Morgan fingerprint density at radius 2 is 1.38 bits per heavy atom. The third-order valence-electron chi connectivity index (χ3n) is 3.96. The number of carbonyl (C=O) groups is 1. The van der Waals surface area contributed by atoms with Crippen molar-refractivity contribution in [2.45, 2.75) is 6.04 Å². The molecule has 0 fully saturated rings. The summed E-state index contributed by atoms with van der Waals surface area (Å²) in [6.45, 7) is 0. The van der Waals surface area contributed by atoms with Crippen LogP contribution in [0.5, 0.6) is 0 Å². The van der Waals surface area contributed by atoms with Crippen LogP contribution in [0.3, 0.4) is 0 Å². The molecular weight excluding hydrogens is 296 g/mol. The Morgan fingerprint density at radius 1 is 0.792 bits per heavy atom. The molecule has 3 nitrogen and oxygen atoms in total. The summed E-state index contributed by atoms with van der Waals surface area (Å²) in [5.41, 5.74) is 3.75. The standard InChI is InChI=1S/C21H20N2O/c1-22-21(24)19-15-9-8-14-18(19)20(16-10-4-2-5-11-16)23-17-12-6-3-7-13-17/h2-15,20,23H,1H3,(H,22,24). The van der Waals surface area contributed by atoms with Gasteiger partial charge in [0, 0.05) is 18.3 Å². The zero-order chi connectivity index (χ0) is 16.8. The van der Waals surface area contributed by atoms with Crippen LogP contribution in [0, 0.1) is 0 Å². The van der Waals surface area contributed by atoms with Crippen LogP contribution < -0.4 is 10.6 Å². The van der Waals surface area contributed by atoms with E-state index in [4.69, 9.17) is 0 Å². The monoisotopic (exact) mass is 316 g/mol. The number of nitrogens with one attached hydrogen (secondary N) is 2. The van der Waals surface area contributed by atoms with E-state index in [0.717, 1.165) is 16.8 Å². The molecule has 0 aliphatic heterocycles. The lowest BCUT2D eigenvalue weighted by atomic mass is 9.93. The molecule has 3 rings (SSSR count). The van der Waals surface area contributed by atoms with Crippen LogP contribution in [-0.2, 0) is 0 Å². The molecule has 0 spiro atoms. The van der Waals surface area contributed by atoms with Gasteiger partial charge in [0.2, 0.25) is 0 Å². The highest BCUT2D eigenvalue weighted by Gasteiger charge is 2.20. The van der Waals surface area contributed by atoms with E-state index in [0.29, 0.717) is 5.56 Å². The number of hydrogen-bond donors (Lipinski definition) is 2. The van der Waals surface area contributed by atoms with Crippen molar-refractivity contribution in [3.63, 3.8) is 0 Å². The van der Waals surface area contributed by atoms with E-state index in [9.17, 15) is 4.79 Å². The van der Waals surface area contributed by atoms with Gasteiger partial charge in [-0.1, -0.05) is 66.7 Å². The molecule has 0 heterocycles. The van der Waals surface area contributed by atoms with Crippen LogP contribution in [0.15, 0.2) is 84.9 Å². The summed E-state index contributed by atoms with van der Waals surface area (Å²) >= 11 is 0. The fourth-order valence-corrected chi connectivity index (χ4v) is 2.78. The van der Waals surface area contributed by atoms with Gasteiger partial charge in [0.05, 0.1) is 6.04 Å². The summed E-state index contributed by atoms with van der Waals surface area (Å²) in [5.74, 6) is -0.0820. The second kappa shape index (κ2) is 7.47. The van der Waals surface area contributed by atoms with E-state index in [1.807, 2.05) is 72.8 Å². The SMILES string of the molecule is CNC(=O)c1ccccc1C(Nc1ccccc1)c1ccccc1. The molecule has 0 saturated carbocycles. The Hall–Kier alpha value is -3.07. The van der Waals surface area contributed by atoms with Gasteiger partial charge in [0.15, 0.2) is 0 Å². The molecular formula is C21H20N2O. The van der Waals surface area contributed by atoms with Gasteiger partial charge >= 0.3 is 0 Å². The van der Waals surface area contributed by atoms with Crippen LogP contribution >= 0.6 is 0 Å². The lowest BCUT2D eigenvalue weighted by molar-refractivity contribution is 0.0962. The van der Waals surface area contributed by atoms with Gasteiger partial charge in [-0.2, -0.15) is 0 Å². The number of benzene rings is 3. The smallest absolute Gasteiger partial charge is 0.251 e. The van der Waals surface area contributed by atoms with Gasteiger partial charge in [0.1, 0.15) is 0 Å². The summed E-state index contributed by atoms with van der Waals surface area (Å²) in [5, 5.41) is 6.28. The molecule has 1 unspecified atom stereocenters. The van der Waals surface area contributed by atoms with E-state index in [1.165, 1.54) is 0 Å². The molecule has 0 saturated heterocycles. The Morgan fingerprint density at radius 3 is 2.04 bits per heavy atom. The molecule has 24 heavy (non-hydrogen) atoms. The number of amides is 1. The molecule has 0 aliphatic carbocycles. The number of anilines is 1. The van der Waals surface area contributed by atoms with Crippen LogP contribution in [0.25, 0.3) is 0 Å². The minimum atomic E-state index is -0.109. The topological polar surface area (TPSA) is 41.1 Å². The number of para-hydroxylation sites is 1. The molecule has 1 amide bonds. The highest BCUT2D eigenvalue weighted by atomic mass is 16.1. The molecule has 3 heteroatoms. The highest BCUT2D eigenvalue weighted by Crippen LogP contribution is 2.29. The molecule has 0 aliphatic rings. The van der Waals surface area contributed by atoms with Gasteiger partial charge in [-0.25, -0.2) is 0 Å². The predicted molar refractivity (Wildman–Crippen MR) is 98.2 cm³/mol. The first-order valence-corrected chi connectivity index (χ1v) is 7.97. The highest BCUT2D eigenvalue weighted by molar-refractivity contribution is 5.96. The summed E-state index contributed by atoms with van der Waals surface area (Å²) in [6.07, 6.45) is 0. The quantitative estimate of drug-likeness (QED) is 0.739. The normalized spacial score (nSPS) is 11.5. The third-order valence-corrected chi connectivity index (χ3v) is 3.96. The van der Waals surface area contributed by atoms with Crippen LogP contribution in [0.1, 0.15) is 27.5 Å². The van der Waals surface area contributed by atoms with Crippen molar-refractivity contribution in [3.05, 3.63) is 102 Å². The number of rotatable bonds is 5. The molecule has 3 aromatic carbocycles. The van der Waals surface area contributed by atoms with Crippen LogP contribution in [0.2, 0.25) is 0 Å². The average Bonchev–Trinajstić information content (AvgIpc) is 2.67.